The van der Waals surface area contributed by atoms with Gasteiger partial charge in [0.1, 0.15) is 18.9 Å². The van der Waals surface area contributed by atoms with Crippen molar-refractivity contribution in [2.75, 3.05) is 6.54 Å². The molecule has 148 valence electrons. The highest BCUT2D eigenvalue weighted by atomic mass is 16.6. The number of carbonyl (C=O) groups excluding carboxylic acids is 2. The molecule has 2 aromatic rings. The minimum absolute atomic E-state index is 0.102. The van der Waals surface area contributed by atoms with Gasteiger partial charge in [0.25, 0.3) is 0 Å². The molecule has 1 fully saturated rings. The molecule has 6 heteroatoms. The highest BCUT2D eigenvalue weighted by Crippen LogP contribution is 2.26. The van der Waals surface area contributed by atoms with Gasteiger partial charge in [-0.15, -0.1) is 0 Å². The number of carbonyl (C=O) groups is 2. The van der Waals surface area contributed by atoms with Crippen LogP contribution >= 0.6 is 0 Å². The van der Waals surface area contributed by atoms with Gasteiger partial charge in [0, 0.05) is 13.1 Å². The summed E-state index contributed by atoms with van der Waals surface area (Å²) in [5, 5.41) is 10.3. The van der Waals surface area contributed by atoms with Crippen molar-refractivity contribution >= 4 is 12.0 Å². The number of likely N-dealkylation sites (N-methyl/N-ethyl adjacent to an activating group) is 1. The molecular weight excluding hydrogens is 356 g/mol. The zero-order valence-electron chi connectivity index (χ0n) is 16.0. The first-order valence-electron chi connectivity index (χ1n) is 9.60. The van der Waals surface area contributed by atoms with Crippen LogP contribution in [0.5, 0.6) is 0 Å². The Hall–Kier alpha value is -2.86. The maximum atomic E-state index is 13.1. The summed E-state index contributed by atoms with van der Waals surface area (Å²) in [7, 11) is 0. The molecule has 0 spiro atoms. The van der Waals surface area contributed by atoms with Crippen LogP contribution in [0.2, 0.25) is 0 Å². The minimum atomic E-state index is -1.01. The number of amides is 2. The monoisotopic (exact) mass is 382 g/mol. The van der Waals surface area contributed by atoms with Crippen LogP contribution in [0, 0.1) is 0 Å². The quantitative estimate of drug-likeness (QED) is 0.833. The maximum absolute atomic E-state index is 13.1. The van der Waals surface area contributed by atoms with Gasteiger partial charge in [-0.3, -0.25) is 9.69 Å². The lowest BCUT2D eigenvalue weighted by Crippen LogP contribution is -2.50. The molecule has 2 aromatic carbocycles. The van der Waals surface area contributed by atoms with E-state index in [2.05, 4.69) is 0 Å². The summed E-state index contributed by atoms with van der Waals surface area (Å²) in [6, 6.07) is 18.3. The minimum Gasteiger partial charge on any atom is -0.444 e. The second-order valence-electron chi connectivity index (χ2n) is 6.86. The van der Waals surface area contributed by atoms with Crippen LogP contribution in [-0.4, -0.2) is 45.7 Å². The average Bonchev–Trinajstić information content (AvgIpc) is 3.12. The third-order valence-corrected chi connectivity index (χ3v) is 4.97. The highest BCUT2D eigenvalue weighted by molar-refractivity contribution is 5.86. The standard InChI is InChI=1S/C22H26N2O4/c1-2-23(15-17-9-5-3-6-10-17)21(26)19-13-14-20(25)24(19)22(27)28-16-18-11-7-4-8-12-18/h3-12,19-20,25H,2,13-16H2,1H3/t19-,20?/m0/s1. The van der Waals surface area contributed by atoms with E-state index in [1.54, 1.807) is 4.90 Å². The van der Waals surface area contributed by atoms with Gasteiger partial charge in [-0.2, -0.15) is 0 Å². The van der Waals surface area contributed by atoms with Crippen molar-refractivity contribution in [1.82, 2.24) is 9.80 Å². The number of rotatable bonds is 6. The fourth-order valence-electron chi connectivity index (χ4n) is 3.44. The number of ether oxygens (including phenoxy) is 1. The van der Waals surface area contributed by atoms with Gasteiger partial charge in [0.2, 0.25) is 5.91 Å². The third kappa shape index (κ3) is 4.70. The topological polar surface area (TPSA) is 70.1 Å². The van der Waals surface area contributed by atoms with Gasteiger partial charge in [0.15, 0.2) is 0 Å². The summed E-state index contributed by atoms with van der Waals surface area (Å²) >= 11 is 0. The van der Waals surface area contributed by atoms with Gasteiger partial charge < -0.3 is 14.7 Å². The lowest BCUT2D eigenvalue weighted by molar-refractivity contribution is -0.138. The predicted octanol–water partition coefficient (Wildman–Crippen LogP) is 3.15. The predicted molar refractivity (Wildman–Crippen MR) is 105 cm³/mol. The molecule has 2 amide bonds. The Kier molecular flexibility index (Phi) is 6.66. The molecule has 1 aliphatic rings. The van der Waals surface area contributed by atoms with Gasteiger partial charge in [-0.1, -0.05) is 60.7 Å². The van der Waals surface area contributed by atoms with E-state index in [0.717, 1.165) is 11.1 Å². The maximum Gasteiger partial charge on any atom is 0.412 e. The molecule has 1 unspecified atom stereocenters. The fourth-order valence-corrected chi connectivity index (χ4v) is 3.44. The molecule has 0 bridgehead atoms. The van der Waals surface area contributed by atoms with E-state index >= 15 is 0 Å². The van der Waals surface area contributed by atoms with Crippen molar-refractivity contribution in [1.29, 1.82) is 0 Å². The van der Waals surface area contributed by atoms with Crippen LogP contribution in [0.3, 0.4) is 0 Å². The zero-order chi connectivity index (χ0) is 19.9. The number of aliphatic hydroxyl groups excluding tert-OH is 1. The van der Waals surface area contributed by atoms with Crippen LogP contribution in [0.25, 0.3) is 0 Å². The first-order chi connectivity index (χ1) is 13.6. The summed E-state index contributed by atoms with van der Waals surface area (Å²) in [5.41, 5.74) is 1.88. The van der Waals surface area contributed by atoms with E-state index in [0.29, 0.717) is 25.9 Å². The summed E-state index contributed by atoms with van der Waals surface area (Å²) < 4.78 is 5.35. The molecule has 0 aliphatic carbocycles. The van der Waals surface area contributed by atoms with Crippen LogP contribution in [0.15, 0.2) is 60.7 Å². The molecule has 1 N–H and O–H groups in total. The first-order valence-corrected chi connectivity index (χ1v) is 9.60. The third-order valence-electron chi connectivity index (χ3n) is 4.97. The number of likely N-dealkylation sites (tertiary alicyclic amines) is 1. The number of nitrogens with zero attached hydrogens (tertiary/aromatic N) is 2. The Morgan fingerprint density at radius 3 is 2.25 bits per heavy atom. The SMILES string of the molecule is CCN(Cc1ccccc1)C(=O)[C@@H]1CCC(O)N1C(=O)OCc1ccccc1. The van der Waals surface area contributed by atoms with Crippen LogP contribution in [-0.2, 0) is 22.7 Å². The Labute approximate surface area is 165 Å². The Bertz CT molecular complexity index is 782. The van der Waals surface area contributed by atoms with E-state index in [1.165, 1.54) is 4.90 Å². The number of benzene rings is 2. The molecular formula is C22H26N2O4. The normalized spacial score (nSPS) is 18.7. The van der Waals surface area contributed by atoms with E-state index in [-0.39, 0.29) is 12.5 Å². The molecule has 0 radical (unpaired) electrons. The summed E-state index contributed by atoms with van der Waals surface area (Å²) in [4.78, 5) is 28.6. The molecule has 28 heavy (non-hydrogen) atoms. The second kappa shape index (κ2) is 9.37. The van der Waals surface area contributed by atoms with Gasteiger partial charge in [0.05, 0.1) is 0 Å². The average molecular weight is 382 g/mol. The summed E-state index contributed by atoms with van der Waals surface area (Å²) in [6.45, 7) is 3.00. The molecule has 1 saturated heterocycles. The molecule has 3 rings (SSSR count). The molecule has 6 nitrogen and oxygen atoms in total. The number of aliphatic hydroxyl groups is 1. The summed E-state index contributed by atoms with van der Waals surface area (Å²) in [6.07, 6.45) is -0.888. The van der Waals surface area contributed by atoms with Crippen molar-refractivity contribution in [2.24, 2.45) is 0 Å². The van der Waals surface area contributed by atoms with E-state index in [1.807, 2.05) is 67.6 Å². The van der Waals surface area contributed by atoms with Crippen LogP contribution in [0.1, 0.15) is 30.9 Å². The van der Waals surface area contributed by atoms with Gasteiger partial charge in [-0.05, 0) is 30.9 Å². The van der Waals surface area contributed by atoms with E-state index < -0.39 is 18.4 Å². The van der Waals surface area contributed by atoms with Crippen molar-refractivity contribution < 1.29 is 19.4 Å². The van der Waals surface area contributed by atoms with Crippen molar-refractivity contribution in [2.45, 2.75) is 45.2 Å². The molecule has 1 aliphatic heterocycles. The first kappa shape index (κ1) is 19.9. The van der Waals surface area contributed by atoms with Gasteiger partial charge >= 0.3 is 6.09 Å². The number of hydrogen-bond donors (Lipinski definition) is 1. The summed E-state index contributed by atoms with van der Waals surface area (Å²) in [5.74, 6) is -0.167. The van der Waals surface area contributed by atoms with Crippen LogP contribution in [0.4, 0.5) is 4.79 Å². The van der Waals surface area contributed by atoms with Crippen LogP contribution < -0.4 is 0 Å². The Balaban J connectivity index is 1.66. The molecule has 2 atom stereocenters. The van der Waals surface area contributed by atoms with Gasteiger partial charge in [-0.25, -0.2) is 4.79 Å². The van der Waals surface area contributed by atoms with E-state index in [9.17, 15) is 14.7 Å². The fraction of sp³-hybridized carbons (Fsp3) is 0.364. The lowest BCUT2D eigenvalue weighted by Gasteiger charge is -2.30. The Morgan fingerprint density at radius 2 is 1.64 bits per heavy atom. The van der Waals surface area contributed by atoms with Crippen molar-refractivity contribution in [3.63, 3.8) is 0 Å². The second-order valence-corrected chi connectivity index (χ2v) is 6.86. The van der Waals surface area contributed by atoms with Crippen molar-refractivity contribution in [3.8, 4) is 0 Å². The number of hydrogen-bond acceptors (Lipinski definition) is 4. The molecule has 0 saturated carbocycles. The van der Waals surface area contributed by atoms with E-state index in [4.69, 9.17) is 4.74 Å². The van der Waals surface area contributed by atoms with Crippen molar-refractivity contribution in [3.05, 3.63) is 71.8 Å². The molecule has 1 heterocycles. The Morgan fingerprint density at radius 1 is 1.04 bits per heavy atom. The highest BCUT2D eigenvalue weighted by Gasteiger charge is 2.42. The zero-order valence-corrected chi connectivity index (χ0v) is 16.0. The molecule has 0 aromatic heterocycles. The smallest absolute Gasteiger partial charge is 0.412 e. The largest absolute Gasteiger partial charge is 0.444 e. The lowest BCUT2D eigenvalue weighted by atomic mass is 10.1.